The summed E-state index contributed by atoms with van der Waals surface area (Å²) < 4.78 is 4.41. The Morgan fingerprint density at radius 1 is 1.00 bits per heavy atom. The van der Waals surface area contributed by atoms with Crippen LogP contribution < -0.4 is 0 Å². The van der Waals surface area contributed by atoms with Gasteiger partial charge in [-0.25, -0.2) is 4.79 Å². The van der Waals surface area contributed by atoms with Gasteiger partial charge in [0, 0.05) is 12.0 Å². The van der Waals surface area contributed by atoms with E-state index in [-0.39, 0.29) is 5.78 Å². The number of ketones is 1. The van der Waals surface area contributed by atoms with Gasteiger partial charge in [0.25, 0.3) is 0 Å². The first-order valence-electron chi connectivity index (χ1n) is 6.68. The van der Waals surface area contributed by atoms with Crippen LogP contribution in [0.5, 0.6) is 0 Å². The van der Waals surface area contributed by atoms with E-state index in [0.717, 1.165) is 11.1 Å². The van der Waals surface area contributed by atoms with Crippen molar-refractivity contribution in [3.63, 3.8) is 0 Å². The van der Waals surface area contributed by atoms with Crippen molar-refractivity contribution in [2.45, 2.75) is 19.4 Å². The van der Waals surface area contributed by atoms with Crippen LogP contribution in [0.3, 0.4) is 0 Å². The van der Waals surface area contributed by atoms with Crippen LogP contribution in [0.4, 0.5) is 0 Å². The predicted octanol–water partition coefficient (Wildman–Crippen LogP) is 3.75. The van der Waals surface area contributed by atoms with E-state index >= 15 is 0 Å². The molecule has 3 nitrogen and oxygen atoms in total. The van der Waals surface area contributed by atoms with Gasteiger partial charge in [-0.05, 0) is 12.0 Å². The Morgan fingerprint density at radius 2 is 1.57 bits per heavy atom. The van der Waals surface area contributed by atoms with Crippen molar-refractivity contribution in [1.82, 2.24) is 0 Å². The second-order valence-electron chi connectivity index (χ2n) is 4.25. The molecule has 0 heterocycles. The number of Topliss-reactive ketones (excluding diaryl/α,β-unsaturated/α-hetero) is 1. The van der Waals surface area contributed by atoms with E-state index in [4.69, 9.17) is 0 Å². The van der Waals surface area contributed by atoms with Crippen LogP contribution in [0.2, 0.25) is 0 Å². The monoisotopic (exact) mass is 282 g/mol. The maximum absolute atomic E-state index is 11.2. The molecule has 0 amide bonds. The predicted molar refractivity (Wildman–Crippen MR) is 82.3 cm³/mol. The third-order valence-electron chi connectivity index (χ3n) is 2.64. The quantitative estimate of drug-likeness (QED) is 0.758. The summed E-state index contributed by atoms with van der Waals surface area (Å²) in [7, 11) is 0. The molecule has 0 N–H and O–H groups in total. The van der Waals surface area contributed by atoms with E-state index < -0.39 is 0 Å². The van der Waals surface area contributed by atoms with Crippen LogP contribution in [-0.4, -0.2) is 12.3 Å². The third-order valence-corrected chi connectivity index (χ3v) is 2.64. The van der Waals surface area contributed by atoms with Crippen LogP contribution in [0.15, 0.2) is 60.7 Å². The molecule has 2 aromatic rings. The highest BCUT2D eigenvalue weighted by atomic mass is 16.5. The molecular weight excluding hydrogens is 264 g/mol. The highest BCUT2D eigenvalue weighted by Crippen LogP contribution is 2.03. The lowest BCUT2D eigenvalue weighted by Gasteiger charge is -1.96. The molecule has 108 valence electrons. The average Bonchev–Trinajstić information content (AvgIpc) is 2.55. The number of rotatable bonds is 6. The minimum Gasteiger partial charge on any atom is -0.452 e. The number of hydrogen-bond acceptors (Lipinski definition) is 3. The second kappa shape index (κ2) is 10.4. The largest absolute Gasteiger partial charge is 0.452 e. The highest BCUT2D eigenvalue weighted by Gasteiger charge is 2.01. The molecule has 0 aromatic heterocycles. The first-order valence-corrected chi connectivity index (χ1v) is 6.68. The number of carbonyl (C=O) groups is 1. The Bertz CT molecular complexity index is 521. The van der Waals surface area contributed by atoms with Crippen LogP contribution in [0.25, 0.3) is 0 Å². The summed E-state index contributed by atoms with van der Waals surface area (Å²) in [6.07, 6.45) is 1.22. The van der Waals surface area contributed by atoms with Gasteiger partial charge in [-0.15, -0.1) is 0 Å². The zero-order valence-corrected chi connectivity index (χ0v) is 11.8. The van der Waals surface area contributed by atoms with E-state index in [1.807, 2.05) is 60.7 Å². The molecule has 2 radical (unpaired) electrons. The summed E-state index contributed by atoms with van der Waals surface area (Å²) in [5, 5.41) is 0. The number of ether oxygens (including phenoxy) is 1. The Labute approximate surface area is 125 Å². The minimum absolute atomic E-state index is 0.181. The fourth-order valence-electron chi connectivity index (χ4n) is 1.62. The molecule has 0 bridgehead atoms. The van der Waals surface area contributed by atoms with Crippen molar-refractivity contribution >= 4 is 12.3 Å². The first-order chi connectivity index (χ1) is 10.3. The van der Waals surface area contributed by atoms with Gasteiger partial charge in [0.2, 0.25) is 0 Å². The number of hydrogen-bond donors (Lipinski definition) is 0. The minimum atomic E-state index is 0.181. The van der Waals surface area contributed by atoms with E-state index in [2.05, 4.69) is 11.7 Å². The average molecular weight is 282 g/mol. The molecule has 0 unspecified atom stereocenters. The van der Waals surface area contributed by atoms with Gasteiger partial charge < -0.3 is 4.74 Å². The molecule has 0 aliphatic heterocycles. The molecule has 0 saturated carbocycles. The normalized spacial score (nSPS) is 9.19. The first kappa shape index (κ1) is 16.6. The third kappa shape index (κ3) is 7.06. The molecule has 0 aliphatic carbocycles. The van der Waals surface area contributed by atoms with Gasteiger partial charge in [-0.3, -0.25) is 4.79 Å². The lowest BCUT2D eigenvalue weighted by Crippen LogP contribution is -1.96. The maximum Gasteiger partial charge on any atom is 0.417 e. The van der Waals surface area contributed by atoms with E-state index in [1.54, 1.807) is 0 Å². The SMILES string of the molecule is O=[C]OCc1ccccc1.[CH2]CCC(=O)c1ccccc1. The molecule has 21 heavy (non-hydrogen) atoms. The number of carbonyl (C=O) groups excluding carboxylic acids is 2. The Hall–Kier alpha value is -2.42. The van der Waals surface area contributed by atoms with Gasteiger partial charge in [-0.1, -0.05) is 67.6 Å². The Kier molecular flexibility index (Phi) is 8.22. The molecular formula is C18H18O3. The maximum atomic E-state index is 11.2. The zero-order valence-electron chi connectivity index (χ0n) is 11.8. The van der Waals surface area contributed by atoms with Gasteiger partial charge >= 0.3 is 6.47 Å². The lowest BCUT2D eigenvalue weighted by atomic mass is 10.1. The zero-order chi connectivity index (χ0) is 15.3. The van der Waals surface area contributed by atoms with E-state index in [0.29, 0.717) is 19.4 Å². The fraction of sp³-hybridized carbons (Fsp3) is 0.167. The molecule has 3 heteroatoms. The van der Waals surface area contributed by atoms with Crippen molar-refractivity contribution in [3.8, 4) is 0 Å². The highest BCUT2D eigenvalue weighted by molar-refractivity contribution is 5.95. The molecule has 2 rings (SSSR count). The summed E-state index contributed by atoms with van der Waals surface area (Å²) in [4.78, 5) is 20.8. The standard InChI is InChI=1S/C10H11O.C8H7O2/c1-2-6-10(11)9-7-4-3-5-8-9;9-7-10-6-8-4-2-1-3-5-8/h3-5,7-8H,1-2,6H2;1-5H,6H2. The summed E-state index contributed by atoms with van der Waals surface area (Å²) >= 11 is 0. The van der Waals surface area contributed by atoms with Crippen molar-refractivity contribution < 1.29 is 14.3 Å². The van der Waals surface area contributed by atoms with Crippen molar-refractivity contribution in [1.29, 1.82) is 0 Å². The molecule has 0 spiro atoms. The Balaban J connectivity index is 0.000000211. The van der Waals surface area contributed by atoms with Crippen LogP contribution in [-0.2, 0) is 16.1 Å². The Morgan fingerprint density at radius 3 is 2.10 bits per heavy atom. The molecule has 0 saturated heterocycles. The molecule has 2 aromatic carbocycles. The van der Waals surface area contributed by atoms with Gasteiger partial charge in [0.1, 0.15) is 6.61 Å². The van der Waals surface area contributed by atoms with Crippen LogP contribution >= 0.6 is 0 Å². The lowest BCUT2D eigenvalue weighted by molar-refractivity contribution is 0.0983. The van der Waals surface area contributed by atoms with Crippen molar-refractivity contribution in [3.05, 3.63) is 78.7 Å². The van der Waals surface area contributed by atoms with Crippen molar-refractivity contribution in [2.75, 3.05) is 0 Å². The topological polar surface area (TPSA) is 43.4 Å². The van der Waals surface area contributed by atoms with Crippen LogP contribution in [0, 0.1) is 6.92 Å². The van der Waals surface area contributed by atoms with Crippen LogP contribution in [0.1, 0.15) is 28.8 Å². The number of benzene rings is 2. The fourth-order valence-corrected chi connectivity index (χ4v) is 1.62. The summed E-state index contributed by atoms with van der Waals surface area (Å²) in [5.41, 5.74) is 1.77. The second-order valence-corrected chi connectivity index (χ2v) is 4.25. The molecule has 0 aliphatic rings. The van der Waals surface area contributed by atoms with E-state index in [9.17, 15) is 9.59 Å². The van der Waals surface area contributed by atoms with E-state index in [1.165, 1.54) is 6.47 Å². The molecule has 0 fully saturated rings. The summed E-state index contributed by atoms with van der Waals surface area (Å²) in [5.74, 6) is 0.181. The van der Waals surface area contributed by atoms with Crippen molar-refractivity contribution in [2.24, 2.45) is 0 Å². The summed E-state index contributed by atoms with van der Waals surface area (Å²) in [6, 6.07) is 18.8. The summed E-state index contributed by atoms with van der Waals surface area (Å²) in [6.45, 7) is 5.31. The smallest absolute Gasteiger partial charge is 0.417 e. The van der Waals surface area contributed by atoms with Gasteiger partial charge in [-0.2, -0.15) is 0 Å². The van der Waals surface area contributed by atoms with Gasteiger partial charge in [0.15, 0.2) is 5.78 Å². The van der Waals surface area contributed by atoms with Gasteiger partial charge in [0.05, 0.1) is 0 Å². The molecule has 0 atom stereocenters.